The molecule has 0 saturated heterocycles. The first-order chi connectivity index (χ1) is 6.00. The minimum Gasteiger partial charge on any atom is -0.349 e. The first-order valence-corrected chi connectivity index (χ1v) is 4.97. The number of hydrogen-bond donors (Lipinski definition) is 1. The fourth-order valence-corrected chi connectivity index (χ4v) is 1.42. The maximum atomic E-state index is 11.3. The Morgan fingerprint density at radius 1 is 1.62 bits per heavy atom. The highest BCUT2D eigenvalue weighted by atomic mass is 16.2. The molecule has 0 aliphatic heterocycles. The summed E-state index contributed by atoms with van der Waals surface area (Å²) in [7, 11) is 3.60. The summed E-state index contributed by atoms with van der Waals surface area (Å²) < 4.78 is 0. The average Bonchev–Trinajstić information content (AvgIpc) is 2.65. The first-order valence-electron chi connectivity index (χ1n) is 4.97. The molecule has 1 fully saturated rings. The van der Waals surface area contributed by atoms with Crippen LogP contribution in [0.4, 0.5) is 0 Å². The van der Waals surface area contributed by atoms with E-state index in [0.29, 0.717) is 18.5 Å². The molecule has 3 heteroatoms. The van der Waals surface area contributed by atoms with Gasteiger partial charge in [-0.25, -0.2) is 0 Å². The Kier molecular flexibility index (Phi) is 3.31. The highest BCUT2D eigenvalue weighted by molar-refractivity contribution is 5.76. The molecule has 3 nitrogen and oxygen atoms in total. The lowest BCUT2D eigenvalue weighted by Crippen LogP contribution is -2.34. The molecule has 0 heterocycles. The average molecular weight is 184 g/mol. The smallest absolute Gasteiger partial charge is 0.223 e. The third kappa shape index (κ3) is 3.35. The minimum atomic E-state index is 0.202. The molecule has 13 heavy (non-hydrogen) atoms. The number of amides is 1. The zero-order chi connectivity index (χ0) is 10.0. The van der Waals surface area contributed by atoms with Crippen LogP contribution in [-0.4, -0.2) is 37.0 Å². The summed E-state index contributed by atoms with van der Waals surface area (Å²) in [6, 6.07) is 0.967. The minimum absolute atomic E-state index is 0.202. The Balaban J connectivity index is 2.17. The van der Waals surface area contributed by atoms with Crippen molar-refractivity contribution >= 4 is 5.91 Å². The van der Waals surface area contributed by atoms with Crippen molar-refractivity contribution in [3.63, 3.8) is 0 Å². The van der Waals surface area contributed by atoms with Gasteiger partial charge < -0.3 is 10.2 Å². The summed E-state index contributed by atoms with van der Waals surface area (Å²) >= 11 is 0. The zero-order valence-corrected chi connectivity index (χ0v) is 9.00. The molecule has 0 aromatic heterocycles. The van der Waals surface area contributed by atoms with E-state index in [1.807, 2.05) is 0 Å². The Morgan fingerprint density at radius 3 is 2.54 bits per heavy atom. The van der Waals surface area contributed by atoms with Gasteiger partial charge in [0.15, 0.2) is 0 Å². The monoisotopic (exact) mass is 184 g/mol. The van der Waals surface area contributed by atoms with Gasteiger partial charge in [-0.2, -0.15) is 0 Å². The molecule has 0 bridgehead atoms. The standard InChI is InChI=1S/C10H20N2O/c1-7-5-9(7)11-8(2)6-10(13)12(3)4/h7-9,11H,5-6H2,1-4H3. The van der Waals surface area contributed by atoms with Crippen LogP contribution in [0.5, 0.6) is 0 Å². The molecule has 0 radical (unpaired) electrons. The van der Waals surface area contributed by atoms with E-state index in [0.717, 1.165) is 5.92 Å². The second kappa shape index (κ2) is 4.09. The topological polar surface area (TPSA) is 32.3 Å². The van der Waals surface area contributed by atoms with Gasteiger partial charge in [-0.1, -0.05) is 6.92 Å². The molecular formula is C10H20N2O. The van der Waals surface area contributed by atoms with E-state index < -0.39 is 0 Å². The van der Waals surface area contributed by atoms with Crippen molar-refractivity contribution in [3.05, 3.63) is 0 Å². The molecular weight excluding hydrogens is 164 g/mol. The van der Waals surface area contributed by atoms with E-state index >= 15 is 0 Å². The third-order valence-electron chi connectivity index (χ3n) is 2.59. The van der Waals surface area contributed by atoms with Gasteiger partial charge in [0.1, 0.15) is 0 Å². The number of carbonyl (C=O) groups excluding carboxylic acids is 1. The van der Waals surface area contributed by atoms with E-state index in [9.17, 15) is 4.79 Å². The lowest BCUT2D eigenvalue weighted by atomic mass is 10.2. The molecule has 3 unspecified atom stereocenters. The van der Waals surface area contributed by atoms with Gasteiger partial charge in [0.25, 0.3) is 0 Å². The van der Waals surface area contributed by atoms with Crippen molar-refractivity contribution < 1.29 is 4.79 Å². The van der Waals surface area contributed by atoms with Crippen molar-refractivity contribution in [1.82, 2.24) is 10.2 Å². The van der Waals surface area contributed by atoms with Gasteiger partial charge in [-0.3, -0.25) is 4.79 Å². The lowest BCUT2D eigenvalue weighted by Gasteiger charge is -2.16. The normalized spacial score (nSPS) is 28.3. The molecule has 0 aromatic rings. The van der Waals surface area contributed by atoms with Crippen LogP contribution in [0.25, 0.3) is 0 Å². The van der Waals surface area contributed by atoms with Crippen molar-refractivity contribution in [2.75, 3.05) is 14.1 Å². The Bertz CT molecular complexity index is 191. The van der Waals surface area contributed by atoms with Crippen molar-refractivity contribution in [2.24, 2.45) is 5.92 Å². The molecule has 0 spiro atoms. The Morgan fingerprint density at radius 2 is 2.15 bits per heavy atom. The highest BCUT2D eigenvalue weighted by Crippen LogP contribution is 2.29. The molecule has 0 aromatic carbocycles. The van der Waals surface area contributed by atoms with Crippen molar-refractivity contribution in [3.8, 4) is 0 Å². The largest absolute Gasteiger partial charge is 0.349 e. The highest BCUT2D eigenvalue weighted by Gasteiger charge is 2.33. The van der Waals surface area contributed by atoms with Gasteiger partial charge >= 0.3 is 0 Å². The van der Waals surface area contributed by atoms with E-state index in [1.54, 1.807) is 19.0 Å². The van der Waals surface area contributed by atoms with Gasteiger partial charge in [0.05, 0.1) is 0 Å². The molecule has 1 N–H and O–H groups in total. The summed E-state index contributed by atoms with van der Waals surface area (Å²) in [6.45, 7) is 4.31. The molecule has 1 aliphatic carbocycles. The Labute approximate surface area is 80.5 Å². The maximum Gasteiger partial charge on any atom is 0.223 e. The van der Waals surface area contributed by atoms with Crippen molar-refractivity contribution in [1.29, 1.82) is 0 Å². The quantitative estimate of drug-likeness (QED) is 0.702. The van der Waals surface area contributed by atoms with E-state index in [1.165, 1.54) is 6.42 Å². The fourth-order valence-electron chi connectivity index (χ4n) is 1.42. The third-order valence-corrected chi connectivity index (χ3v) is 2.59. The van der Waals surface area contributed by atoms with Gasteiger partial charge in [0, 0.05) is 32.6 Å². The summed E-state index contributed by atoms with van der Waals surface area (Å²) in [4.78, 5) is 13.0. The number of carbonyl (C=O) groups is 1. The second-order valence-electron chi connectivity index (χ2n) is 4.38. The number of nitrogens with one attached hydrogen (secondary N) is 1. The molecule has 1 amide bonds. The van der Waals surface area contributed by atoms with Gasteiger partial charge in [-0.05, 0) is 19.3 Å². The van der Waals surface area contributed by atoms with Crippen LogP contribution in [0.1, 0.15) is 26.7 Å². The molecule has 1 rings (SSSR count). The van der Waals surface area contributed by atoms with E-state index in [4.69, 9.17) is 0 Å². The van der Waals surface area contributed by atoms with Crippen LogP contribution < -0.4 is 5.32 Å². The summed E-state index contributed by atoms with van der Waals surface area (Å²) in [5, 5.41) is 3.44. The van der Waals surface area contributed by atoms with Crippen LogP contribution in [0, 0.1) is 5.92 Å². The van der Waals surface area contributed by atoms with Crippen LogP contribution >= 0.6 is 0 Å². The number of nitrogens with zero attached hydrogens (tertiary/aromatic N) is 1. The summed E-state index contributed by atoms with van der Waals surface area (Å²) in [6.07, 6.45) is 1.87. The predicted molar refractivity (Wildman–Crippen MR) is 53.5 cm³/mol. The maximum absolute atomic E-state index is 11.3. The second-order valence-corrected chi connectivity index (χ2v) is 4.38. The Hall–Kier alpha value is -0.570. The van der Waals surface area contributed by atoms with Crippen molar-refractivity contribution in [2.45, 2.75) is 38.8 Å². The number of hydrogen-bond acceptors (Lipinski definition) is 2. The SMILES string of the molecule is CC(CC(=O)N(C)C)NC1CC1C. The first kappa shape index (κ1) is 10.5. The van der Waals surface area contributed by atoms with Crippen LogP contribution in [0.2, 0.25) is 0 Å². The van der Waals surface area contributed by atoms with Crippen LogP contribution in [0.15, 0.2) is 0 Å². The summed E-state index contributed by atoms with van der Waals surface area (Å²) in [5.41, 5.74) is 0. The van der Waals surface area contributed by atoms with Gasteiger partial charge in [-0.15, -0.1) is 0 Å². The molecule has 1 aliphatic rings. The van der Waals surface area contributed by atoms with Crippen LogP contribution in [-0.2, 0) is 4.79 Å². The zero-order valence-electron chi connectivity index (χ0n) is 9.00. The van der Waals surface area contributed by atoms with Crippen LogP contribution in [0.3, 0.4) is 0 Å². The molecule has 76 valence electrons. The number of rotatable bonds is 4. The van der Waals surface area contributed by atoms with Gasteiger partial charge in [0.2, 0.25) is 5.91 Å². The lowest BCUT2D eigenvalue weighted by molar-refractivity contribution is -0.129. The predicted octanol–water partition coefficient (Wildman–Crippen LogP) is 0.851. The fraction of sp³-hybridized carbons (Fsp3) is 0.900. The summed E-state index contributed by atoms with van der Waals surface area (Å²) in [5.74, 6) is 1.00. The van der Waals surface area contributed by atoms with E-state index in [-0.39, 0.29) is 5.91 Å². The van der Waals surface area contributed by atoms with E-state index in [2.05, 4.69) is 19.2 Å². The molecule has 3 atom stereocenters. The molecule has 1 saturated carbocycles.